The van der Waals surface area contributed by atoms with Crippen LogP contribution in [0.15, 0.2) is 6.20 Å². The predicted octanol–water partition coefficient (Wildman–Crippen LogP) is 1.32. The van der Waals surface area contributed by atoms with Gasteiger partial charge < -0.3 is 5.73 Å². The van der Waals surface area contributed by atoms with E-state index in [2.05, 4.69) is 11.2 Å². The van der Waals surface area contributed by atoms with Crippen molar-refractivity contribution in [3.05, 3.63) is 11.9 Å². The van der Waals surface area contributed by atoms with Crippen molar-refractivity contribution >= 4 is 5.69 Å². The highest BCUT2D eigenvalue weighted by Gasteiger charge is 2.19. The Kier molecular flexibility index (Phi) is 2.28. The van der Waals surface area contributed by atoms with Crippen LogP contribution in [0.25, 0.3) is 0 Å². The highest BCUT2D eigenvalue weighted by atomic mass is 15.3. The lowest BCUT2D eigenvalue weighted by molar-refractivity contribution is 0.380. The molecule has 0 saturated carbocycles. The van der Waals surface area contributed by atoms with Crippen molar-refractivity contribution < 1.29 is 0 Å². The maximum absolute atomic E-state index is 8.83. The van der Waals surface area contributed by atoms with Crippen molar-refractivity contribution in [3.63, 3.8) is 0 Å². The second kappa shape index (κ2) is 3.09. The number of aromatic nitrogens is 2. The van der Waals surface area contributed by atoms with Crippen LogP contribution in [0.5, 0.6) is 0 Å². The Morgan fingerprint density at radius 3 is 2.69 bits per heavy atom. The molecular weight excluding hydrogens is 164 g/mol. The minimum Gasteiger partial charge on any atom is -0.396 e. The van der Waals surface area contributed by atoms with Gasteiger partial charge in [0.05, 0.1) is 35.6 Å². The Bertz CT molecular complexity index is 343. The van der Waals surface area contributed by atoms with E-state index in [1.54, 1.807) is 10.9 Å². The Morgan fingerprint density at radius 2 is 2.31 bits per heavy atom. The van der Waals surface area contributed by atoms with Crippen LogP contribution in [0.4, 0.5) is 5.69 Å². The van der Waals surface area contributed by atoms with Gasteiger partial charge in [0, 0.05) is 0 Å². The summed E-state index contributed by atoms with van der Waals surface area (Å²) >= 11 is 0. The predicted molar refractivity (Wildman–Crippen MR) is 50.8 cm³/mol. The second-order valence-corrected chi connectivity index (χ2v) is 3.84. The summed E-state index contributed by atoms with van der Waals surface area (Å²) in [6.45, 7) is 6.23. The highest BCUT2D eigenvalue weighted by molar-refractivity contribution is 5.39. The minimum absolute atomic E-state index is 0.400. The SMILES string of the molecule is Cc1c(N)cnn1CC(C)(C)C#N. The Balaban J connectivity index is 2.88. The lowest BCUT2D eigenvalue weighted by Gasteiger charge is -2.15. The van der Waals surface area contributed by atoms with Gasteiger partial charge in [0.25, 0.3) is 0 Å². The van der Waals surface area contributed by atoms with Crippen LogP contribution in [0.3, 0.4) is 0 Å². The standard InChI is InChI=1S/C9H14N4/c1-7-8(11)4-12-13(7)6-9(2,3)5-10/h4H,6,11H2,1-3H3. The van der Waals surface area contributed by atoms with Crippen molar-refractivity contribution in [2.75, 3.05) is 5.73 Å². The average molecular weight is 178 g/mol. The van der Waals surface area contributed by atoms with E-state index in [1.165, 1.54) is 0 Å². The summed E-state index contributed by atoms with van der Waals surface area (Å²) in [4.78, 5) is 0. The van der Waals surface area contributed by atoms with Crippen LogP contribution < -0.4 is 5.73 Å². The zero-order valence-electron chi connectivity index (χ0n) is 8.20. The summed E-state index contributed by atoms with van der Waals surface area (Å²) in [6, 6.07) is 2.22. The van der Waals surface area contributed by atoms with Gasteiger partial charge in [0.2, 0.25) is 0 Å². The fraction of sp³-hybridized carbons (Fsp3) is 0.556. The molecule has 0 unspecified atom stereocenters. The van der Waals surface area contributed by atoms with Gasteiger partial charge in [-0.2, -0.15) is 10.4 Å². The summed E-state index contributed by atoms with van der Waals surface area (Å²) in [5.41, 5.74) is 6.83. The number of nitrogens with two attached hydrogens (primary N) is 1. The minimum atomic E-state index is -0.400. The van der Waals surface area contributed by atoms with E-state index < -0.39 is 5.41 Å². The van der Waals surface area contributed by atoms with Crippen molar-refractivity contribution in [2.45, 2.75) is 27.3 Å². The average Bonchev–Trinajstić information content (AvgIpc) is 2.36. The molecule has 70 valence electrons. The van der Waals surface area contributed by atoms with Gasteiger partial charge in [-0.05, 0) is 20.8 Å². The molecule has 4 nitrogen and oxygen atoms in total. The monoisotopic (exact) mass is 178 g/mol. The van der Waals surface area contributed by atoms with E-state index in [-0.39, 0.29) is 0 Å². The molecule has 0 saturated heterocycles. The number of anilines is 1. The Morgan fingerprint density at radius 1 is 1.69 bits per heavy atom. The van der Waals surface area contributed by atoms with Crippen molar-refractivity contribution in [2.24, 2.45) is 5.41 Å². The number of nitriles is 1. The van der Waals surface area contributed by atoms with Gasteiger partial charge >= 0.3 is 0 Å². The van der Waals surface area contributed by atoms with Crippen LogP contribution in [0.1, 0.15) is 19.5 Å². The van der Waals surface area contributed by atoms with Crippen molar-refractivity contribution in [1.82, 2.24) is 9.78 Å². The quantitative estimate of drug-likeness (QED) is 0.742. The molecular formula is C9H14N4. The summed E-state index contributed by atoms with van der Waals surface area (Å²) < 4.78 is 1.76. The third-order valence-electron chi connectivity index (χ3n) is 1.99. The van der Waals surface area contributed by atoms with E-state index in [1.807, 2.05) is 20.8 Å². The first-order valence-corrected chi connectivity index (χ1v) is 4.15. The zero-order chi connectivity index (χ0) is 10.1. The fourth-order valence-electron chi connectivity index (χ4n) is 1.03. The normalized spacial score (nSPS) is 11.2. The number of hydrogen-bond donors (Lipinski definition) is 1. The highest BCUT2D eigenvalue weighted by Crippen LogP contribution is 2.18. The van der Waals surface area contributed by atoms with Gasteiger partial charge in [0.15, 0.2) is 0 Å². The lowest BCUT2D eigenvalue weighted by Crippen LogP contribution is -2.19. The van der Waals surface area contributed by atoms with Crippen LogP contribution in [0, 0.1) is 23.7 Å². The zero-order valence-corrected chi connectivity index (χ0v) is 8.20. The van der Waals surface area contributed by atoms with E-state index in [0.717, 1.165) is 5.69 Å². The number of nitrogen functional groups attached to an aromatic ring is 1. The first-order chi connectivity index (χ1) is 5.96. The van der Waals surface area contributed by atoms with Crippen molar-refractivity contribution in [3.8, 4) is 6.07 Å². The molecule has 0 aliphatic carbocycles. The summed E-state index contributed by atoms with van der Waals surface area (Å²) in [6.07, 6.45) is 1.61. The van der Waals surface area contributed by atoms with Crippen molar-refractivity contribution in [1.29, 1.82) is 5.26 Å². The molecule has 13 heavy (non-hydrogen) atoms. The maximum atomic E-state index is 8.83. The maximum Gasteiger partial charge on any atom is 0.0730 e. The summed E-state index contributed by atoms with van der Waals surface area (Å²) in [7, 11) is 0. The third-order valence-corrected chi connectivity index (χ3v) is 1.99. The van der Waals surface area contributed by atoms with Gasteiger partial charge in [-0.15, -0.1) is 0 Å². The number of hydrogen-bond acceptors (Lipinski definition) is 3. The fourth-order valence-corrected chi connectivity index (χ4v) is 1.03. The summed E-state index contributed by atoms with van der Waals surface area (Å²) in [5.74, 6) is 0. The molecule has 1 rings (SSSR count). The molecule has 1 aromatic heterocycles. The summed E-state index contributed by atoms with van der Waals surface area (Å²) in [5, 5.41) is 12.9. The Hall–Kier alpha value is -1.50. The van der Waals surface area contributed by atoms with Crippen LogP contribution in [-0.4, -0.2) is 9.78 Å². The molecule has 4 heteroatoms. The van der Waals surface area contributed by atoms with Gasteiger partial charge in [-0.25, -0.2) is 0 Å². The van der Waals surface area contributed by atoms with Gasteiger partial charge in [-0.3, -0.25) is 4.68 Å². The molecule has 0 spiro atoms. The van der Waals surface area contributed by atoms with Gasteiger partial charge in [0.1, 0.15) is 0 Å². The number of rotatable bonds is 2. The molecule has 1 aromatic rings. The molecule has 0 aliphatic rings. The first kappa shape index (κ1) is 9.59. The first-order valence-electron chi connectivity index (χ1n) is 4.15. The second-order valence-electron chi connectivity index (χ2n) is 3.84. The van der Waals surface area contributed by atoms with Crippen LogP contribution in [0.2, 0.25) is 0 Å². The lowest BCUT2D eigenvalue weighted by atomic mass is 9.96. The van der Waals surface area contributed by atoms with E-state index in [0.29, 0.717) is 12.2 Å². The molecule has 0 fully saturated rings. The van der Waals surface area contributed by atoms with Gasteiger partial charge in [-0.1, -0.05) is 0 Å². The molecule has 0 bridgehead atoms. The van der Waals surface area contributed by atoms with Crippen LogP contribution >= 0.6 is 0 Å². The molecule has 2 N–H and O–H groups in total. The van der Waals surface area contributed by atoms with E-state index in [9.17, 15) is 0 Å². The molecule has 0 aromatic carbocycles. The molecule has 0 radical (unpaired) electrons. The van der Waals surface area contributed by atoms with E-state index >= 15 is 0 Å². The topological polar surface area (TPSA) is 67.6 Å². The smallest absolute Gasteiger partial charge is 0.0730 e. The Labute approximate surface area is 78.0 Å². The molecule has 1 heterocycles. The van der Waals surface area contributed by atoms with E-state index in [4.69, 9.17) is 11.0 Å². The molecule has 0 amide bonds. The molecule has 0 atom stereocenters. The number of nitrogens with zero attached hydrogens (tertiary/aromatic N) is 3. The largest absolute Gasteiger partial charge is 0.396 e. The third kappa shape index (κ3) is 2.00. The van der Waals surface area contributed by atoms with Crippen LogP contribution in [-0.2, 0) is 6.54 Å². The molecule has 0 aliphatic heterocycles.